The van der Waals surface area contributed by atoms with Gasteiger partial charge >= 0.3 is 5.16 Å². The van der Waals surface area contributed by atoms with Gasteiger partial charge in [0.25, 0.3) is 11.7 Å². The predicted octanol–water partition coefficient (Wildman–Crippen LogP) is 4.60. The first-order valence-corrected chi connectivity index (χ1v) is 12.8. The maximum absolute atomic E-state index is 12.4. The van der Waals surface area contributed by atoms with Crippen molar-refractivity contribution in [1.29, 1.82) is 0 Å². The van der Waals surface area contributed by atoms with E-state index in [1.54, 1.807) is 12.1 Å². The average molecular weight is 549 g/mol. The Morgan fingerprint density at radius 1 is 1.27 bits per heavy atom. The van der Waals surface area contributed by atoms with Gasteiger partial charge in [0.15, 0.2) is 0 Å². The summed E-state index contributed by atoms with van der Waals surface area (Å²) in [7, 11) is 0. The van der Waals surface area contributed by atoms with Crippen molar-refractivity contribution in [2.45, 2.75) is 43.3 Å². The lowest BCUT2D eigenvalue weighted by atomic mass is 9.95. The van der Waals surface area contributed by atoms with Crippen LogP contribution in [0.5, 0.6) is 5.75 Å². The van der Waals surface area contributed by atoms with E-state index >= 15 is 0 Å². The van der Waals surface area contributed by atoms with Crippen LogP contribution in [0.25, 0.3) is 11.4 Å². The fourth-order valence-electron chi connectivity index (χ4n) is 3.85. The molecule has 1 heterocycles. The van der Waals surface area contributed by atoms with Crippen LogP contribution in [0.3, 0.4) is 0 Å². The van der Waals surface area contributed by atoms with Crippen LogP contribution in [0.4, 0.5) is 0 Å². The van der Waals surface area contributed by atoms with Crippen LogP contribution in [0.15, 0.2) is 57.2 Å². The van der Waals surface area contributed by atoms with Crippen molar-refractivity contribution >= 4 is 51.4 Å². The van der Waals surface area contributed by atoms with Crippen molar-refractivity contribution in [2.24, 2.45) is 5.10 Å². The van der Waals surface area contributed by atoms with Crippen LogP contribution in [0.1, 0.15) is 43.7 Å². The van der Waals surface area contributed by atoms with Gasteiger partial charge in [0.05, 0.1) is 28.7 Å². The minimum absolute atomic E-state index is 0.150. The molecule has 3 aromatic rings. The van der Waals surface area contributed by atoms with Gasteiger partial charge in [0.1, 0.15) is 0 Å². The van der Waals surface area contributed by atoms with E-state index in [0.717, 1.165) is 33.9 Å². The van der Waals surface area contributed by atoms with Crippen molar-refractivity contribution in [3.8, 4) is 17.1 Å². The van der Waals surface area contributed by atoms with E-state index in [4.69, 9.17) is 11.6 Å². The Hall–Kier alpha value is -2.36. The second-order valence-corrected chi connectivity index (χ2v) is 10.1. The highest BCUT2D eigenvalue weighted by molar-refractivity contribution is 9.10. The smallest absolute Gasteiger partial charge is 0.337 e. The molecule has 0 atom stereocenters. The number of amides is 1. The minimum Gasteiger partial charge on any atom is -0.872 e. The highest BCUT2D eigenvalue weighted by Crippen LogP contribution is 2.29. The number of aromatic amines is 1. The third-order valence-electron chi connectivity index (χ3n) is 5.46. The third-order valence-corrected chi connectivity index (χ3v) is 7.16. The molecule has 1 fully saturated rings. The van der Waals surface area contributed by atoms with Crippen LogP contribution < -0.4 is 15.1 Å². The lowest BCUT2D eigenvalue weighted by Gasteiger charge is -2.21. The van der Waals surface area contributed by atoms with Crippen LogP contribution in [-0.2, 0) is 4.79 Å². The lowest BCUT2D eigenvalue weighted by molar-refractivity contribution is -0.749. The first-order chi connectivity index (χ1) is 16.0. The Morgan fingerprint density at radius 3 is 2.79 bits per heavy atom. The van der Waals surface area contributed by atoms with Gasteiger partial charge in [0.2, 0.25) is 0 Å². The van der Waals surface area contributed by atoms with E-state index in [2.05, 4.69) is 41.2 Å². The third kappa shape index (κ3) is 6.16. The highest BCUT2D eigenvalue weighted by atomic mass is 79.9. The number of thioether (sulfide) groups is 1. The van der Waals surface area contributed by atoms with Gasteiger partial charge in [0, 0.05) is 9.50 Å². The Labute approximate surface area is 209 Å². The second kappa shape index (κ2) is 11.2. The molecule has 10 heteroatoms. The fourth-order valence-corrected chi connectivity index (χ4v) is 5.17. The number of carbonyl (C=O) groups excluding carboxylic acids is 1. The van der Waals surface area contributed by atoms with E-state index in [9.17, 15) is 9.90 Å². The van der Waals surface area contributed by atoms with E-state index in [-0.39, 0.29) is 17.4 Å². The summed E-state index contributed by atoms with van der Waals surface area (Å²) in [5.41, 5.74) is 3.88. The van der Waals surface area contributed by atoms with Crippen LogP contribution in [-0.4, -0.2) is 28.1 Å². The van der Waals surface area contributed by atoms with Crippen LogP contribution >= 0.6 is 39.3 Å². The molecule has 4 rings (SSSR count). The van der Waals surface area contributed by atoms with Gasteiger partial charge in [-0.25, -0.2) is 9.99 Å². The summed E-state index contributed by atoms with van der Waals surface area (Å²) in [6, 6.07) is 12.8. The second-order valence-electron chi connectivity index (χ2n) is 7.79. The first-order valence-electron chi connectivity index (χ1n) is 10.7. The maximum Gasteiger partial charge on any atom is 0.337 e. The molecule has 0 radical (unpaired) electrons. The van der Waals surface area contributed by atoms with Crippen molar-refractivity contribution in [1.82, 2.24) is 15.6 Å². The number of hydrazone groups is 1. The molecule has 1 aliphatic carbocycles. The molecular formula is C23H23BrClN5O2S. The largest absolute Gasteiger partial charge is 0.872 e. The summed E-state index contributed by atoms with van der Waals surface area (Å²) in [4.78, 5) is 12.4. The van der Waals surface area contributed by atoms with Crippen molar-refractivity contribution in [3.05, 3.63) is 57.5 Å². The summed E-state index contributed by atoms with van der Waals surface area (Å²) < 4.78 is 2.99. The molecule has 0 saturated heterocycles. The van der Waals surface area contributed by atoms with Gasteiger partial charge in [-0.05, 0) is 79.4 Å². The van der Waals surface area contributed by atoms with E-state index < -0.39 is 0 Å². The molecule has 1 saturated carbocycles. The first kappa shape index (κ1) is 23.8. The van der Waals surface area contributed by atoms with E-state index in [0.29, 0.717) is 16.6 Å². The number of H-pyrrole nitrogens is 1. The quantitative estimate of drug-likeness (QED) is 0.195. The Bertz CT molecular complexity index is 1150. The van der Waals surface area contributed by atoms with Gasteiger partial charge in [-0.1, -0.05) is 45.8 Å². The number of nitrogens with one attached hydrogen (secondary N) is 2. The molecule has 2 N–H and O–H groups in total. The maximum atomic E-state index is 12.4. The SMILES string of the molecule is O=C(CSc1n[nH]c(-c2ccc(Cl)cc2)[n+]1C1CCCCC1)N/N=C/c1cc(Br)ccc1[O-]. The standard InChI is InChI=1S/C23H23BrClN5O2S/c24-17-8-11-20(31)16(12-17)13-26-27-21(32)14-33-23-29-28-22(15-6-9-18(25)10-7-15)30(23)19-4-2-1-3-5-19/h6-13,19H,1-5,14H2,(H2,26,27,31,32). The van der Waals surface area contributed by atoms with Crippen molar-refractivity contribution < 1.29 is 14.5 Å². The zero-order chi connectivity index (χ0) is 23.2. The highest BCUT2D eigenvalue weighted by Gasteiger charge is 2.30. The molecule has 7 nitrogen and oxygen atoms in total. The molecule has 0 spiro atoms. The minimum atomic E-state index is -0.273. The molecule has 1 aliphatic rings. The molecule has 33 heavy (non-hydrogen) atoms. The lowest BCUT2D eigenvalue weighted by Crippen LogP contribution is -2.43. The fraction of sp³-hybridized carbons (Fsp3) is 0.304. The molecule has 0 unspecified atom stereocenters. The summed E-state index contributed by atoms with van der Waals surface area (Å²) >= 11 is 10.7. The molecule has 0 aliphatic heterocycles. The van der Waals surface area contributed by atoms with E-state index in [1.165, 1.54) is 43.3 Å². The van der Waals surface area contributed by atoms with Crippen molar-refractivity contribution in [3.63, 3.8) is 0 Å². The van der Waals surface area contributed by atoms with Gasteiger partial charge < -0.3 is 5.11 Å². The number of nitrogens with zero attached hydrogens (tertiary/aromatic N) is 3. The van der Waals surface area contributed by atoms with Gasteiger partial charge in [-0.15, -0.1) is 5.10 Å². The summed E-state index contributed by atoms with van der Waals surface area (Å²) in [5, 5.41) is 24.9. The average Bonchev–Trinajstić information content (AvgIpc) is 3.25. The number of halogens is 2. The monoisotopic (exact) mass is 547 g/mol. The Morgan fingerprint density at radius 2 is 2.03 bits per heavy atom. The number of aromatic nitrogens is 3. The van der Waals surface area contributed by atoms with E-state index in [1.807, 2.05) is 24.3 Å². The van der Waals surface area contributed by atoms with Gasteiger partial charge in [-0.2, -0.15) is 5.10 Å². The Kier molecular flexibility index (Phi) is 8.06. The van der Waals surface area contributed by atoms with Crippen LogP contribution in [0.2, 0.25) is 5.02 Å². The molecule has 172 valence electrons. The number of carbonyl (C=O) groups is 1. The summed E-state index contributed by atoms with van der Waals surface area (Å²) in [6.45, 7) is 0. The Balaban J connectivity index is 1.46. The molecule has 2 aromatic carbocycles. The molecule has 1 aromatic heterocycles. The van der Waals surface area contributed by atoms with Crippen LogP contribution in [0, 0.1) is 0 Å². The zero-order valence-corrected chi connectivity index (χ0v) is 20.9. The predicted molar refractivity (Wildman–Crippen MR) is 131 cm³/mol. The van der Waals surface area contributed by atoms with Crippen molar-refractivity contribution in [2.75, 3.05) is 5.75 Å². The summed E-state index contributed by atoms with van der Waals surface area (Å²) in [6.07, 6.45) is 7.12. The number of hydrogen-bond acceptors (Lipinski definition) is 5. The summed E-state index contributed by atoms with van der Waals surface area (Å²) in [5.74, 6) is 0.630. The molecule has 0 bridgehead atoms. The topological polar surface area (TPSA) is 97.1 Å². The van der Waals surface area contributed by atoms with Gasteiger partial charge in [-0.3, -0.25) is 4.79 Å². The molecule has 1 amide bonds. The number of hydrogen-bond donors (Lipinski definition) is 2. The zero-order valence-electron chi connectivity index (χ0n) is 17.8. The molecular weight excluding hydrogens is 526 g/mol. The number of rotatable bonds is 7. The number of benzene rings is 2. The normalized spacial score (nSPS) is 14.6.